The van der Waals surface area contributed by atoms with Gasteiger partial charge >= 0.3 is 6.09 Å². The SMILES string of the molecule is O=C(NCCSCc1ccc(Cl)nc1)OCc1ccccc1. The van der Waals surface area contributed by atoms with Crippen molar-refractivity contribution in [2.75, 3.05) is 12.3 Å². The van der Waals surface area contributed by atoms with Gasteiger partial charge in [0.15, 0.2) is 0 Å². The van der Waals surface area contributed by atoms with Crippen molar-refractivity contribution in [2.24, 2.45) is 0 Å². The number of carbonyl (C=O) groups is 1. The minimum Gasteiger partial charge on any atom is -0.445 e. The molecule has 0 radical (unpaired) electrons. The van der Waals surface area contributed by atoms with Gasteiger partial charge in [0.05, 0.1) is 0 Å². The first-order chi connectivity index (χ1) is 10.7. The number of thioether (sulfide) groups is 1. The highest BCUT2D eigenvalue weighted by Crippen LogP contribution is 2.12. The Kier molecular flexibility index (Phi) is 7.06. The van der Waals surface area contributed by atoms with Crippen LogP contribution in [0.25, 0.3) is 0 Å². The lowest BCUT2D eigenvalue weighted by atomic mass is 10.2. The molecule has 1 aromatic heterocycles. The van der Waals surface area contributed by atoms with Crippen molar-refractivity contribution in [3.63, 3.8) is 0 Å². The standard InChI is InChI=1S/C16H17ClN2O2S/c17-15-7-6-14(10-19-15)12-22-9-8-18-16(20)21-11-13-4-2-1-3-5-13/h1-7,10H,8-9,11-12H2,(H,18,20). The molecule has 116 valence electrons. The topological polar surface area (TPSA) is 51.2 Å². The number of benzene rings is 1. The number of nitrogens with zero attached hydrogens (tertiary/aromatic N) is 1. The summed E-state index contributed by atoms with van der Waals surface area (Å²) in [5.74, 6) is 1.65. The highest BCUT2D eigenvalue weighted by Gasteiger charge is 2.02. The maximum absolute atomic E-state index is 11.5. The Bertz CT molecular complexity index is 578. The van der Waals surface area contributed by atoms with Gasteiger partial charge in [-0.3, -0.25) is 0 Å². The highest BCUT2D eigenvalue weighted by molar-refractivity contribution is 7.98. The van der Waals surface area contributed by atoms with Gasteiger partial charge in [0.2, 0.25) is 0 Å². The van der Waals surface area contributed by atoms with Crippen LogP contribution in [-0.4, -0.2) is 23.4 Å². The number of rotatable bonds is 7. The second-order valence-electron chi connectivity index (χ2n) is 4.53. The first-order valence-electron chi connectivity index (χ1n) is 6.87. The summed E-state index contributed by atoms with van der Waals surface area (Å²) in [6.45, 7) is 0.857. The predicted molar refractivity (Wildman–Crippen MR) is 90.0 cm³/mol. The molecule has 0 saturated carbocycles. The van der Waals surface area contributed by atoms with Crippen LogP contribution in [-0.2, 0) is 17.1 Å². The smallest absolute Gasteiger partial charge is 0.407 e. The average Bonchev–Trinajstić information content (AvgIpc) is 2.55. The quantitative estimate of drug-likeness (QED) is 0.615. The molecule has 0 fully saturated rings. The maximum atomic E-state index is 11.5. The molecular weight excluding hydrogens is 320 g/mol. The zero-order valence-electron chi connectivity index (χ0n) is 12.0. The monoisotopic (exact) mass is 336 g/mol. The van der Waals surface area contributed by atoms with Crippen LogP contribution < -0.4 is 5.32 Å². The summed E-state index contributed by atoms with van der Waals surface area (Å²) < 4.78 is 5.12. The summed E-state index contributed by atoms with van der Waals surface area (Å²) in [5.41, 5.74) is 2.09. The molecule has 0 aliphatic rings. The van der Waals surface area contributed by atoms with Crippen LogP contribution in [0.4, 0.5) is 4.79 Å². The number of carbonyl (C=O) groups excluding carboxylic acids is 1. The van der Waals surface area contributed by atoms with E-state index in [-0.39, 0.29) is 6.61 Å². The second-order valence-corrected chi connectivity index (χ2v) is 6.02. The van der Waals surface area contributed by atoms with E-state index in [4.69, 9.17) is 16.3 Å². The predicted octanol–water partition coefficient (Wildman–Crippen LogP) is 3.89. The third kappa shape index (κ3) is 6.37. The van der Waals surface area contributed by atoms with E-state index in [9.17, 15) is 4.79 Å². The van der Waals surface area contributed by atoms with Crippen LogP contribution in [0.5, 0.6) is 0 Å². The van der Waals surface area contributed by atoms with Gasteiger partial charge in [-0.05, 0) is 17.2 Å². The van der Waals surface area contributed by atoms with E-state index in [1.54, 1.807) is 24.0 Å². The van der Waals surface area contributed by atoms with Crippen LogP contribution in [0.3, 0.4) is 0 Å². The largest absolute Gasteiger partial charge is 0.445 e. The summed E-state index contributed by atoms with van der Waals surface area (Å²) >= 11 is 7.44. The Morgan fingerprint density at radius 2 is 2.00 bits per heavy atom. The normalized spacial score (nSPS) is 10.2. The molecule has 0 bridgehead atoms. The Labute approximate surface area is 139 Å². The summed E-state index contributed by atoms with van der Waals surface area (Å²) in [6, 6.07) is 13.3. The minimum absolute atomic E-state index is 0.288. The Balaban J connectivity index is 1.54. The van der Waals surface area contributed by atoms with Gasteiger partial charge in [-0.1, -0.05) is 48.0 Å². The molecule has 22 heavy (non-hydrogen) atoms. The molecule has 6 heteroatoms. The molecule has 0 unspecified atom stereocenters. The number of nitrogens with one attached hydrogen (secondary N) is 1. The minimum atomic E-state index is -0.391. The lowest BCUT2D eigenvalue weighted by molar-refractivity contribution is 0.140. The lowest BCUT2D eigenvalue weighted by Gasteiger charge is -2.07. The molecule has 1 N–H and O–H groups in total. The van der Waals surface area contributed by atoms with Gasteiger partial charge in [0.25, 0.3) is 0 Å². The molecule has 1 aromatic carbocycles. The number of aromatic nitrogens is 1. The molecular formula is C16H17ClN2O2S. The van der Waals surface area contributed by atoms with Crippen LogP contribution >= 0.6 is 23.4 Å². The first kappa shape index (κ1) is 16.6. The van der Waals surface area contributed by atoms with E-state index in [0.29, 0.717) is 11.7 Å². The van der Waals surface area contributed by atoms with Crippen LogP contribution in [0, 0.1) is 0 Å². The number of halogens is 1. The number of hydrogen-bond acceptors (Lipinski definition) is 4. The Morgan fingerprint density at radius 3 is 2.73 bits per heavy atom. The Hall–Kier alpha value is -1.72. The van der Waals surface area contributed by atoms with Gasteiger partial charge in [-0.25, -0.2) is 9.78 Å². The molecule has 0 saturated heterocycles. The number of pyridine rings is 1. The van der Waals surface area contributed by atoms with E-state index >= 15 is 0 Å². The fraction of sp³-hybridized carbons (Fsp3) is 0.250. The summed E-state index contributed by atoms with van der Waals surface area (Å²) in [6.07, 6.45) is 1.37. The average molecular weight is 337 g/mol. The molecule has 0 aliphatic heterocycles. The number of ether oxygens (including phenoxy) is 1. The van der Waals surface area contributed by atoms with E-state index in [0.717, 1.165) is 22.6 Å². The second kappa shape index (κ2) is 9.33. The molecule has 2 rings (SSSR count). The summed E-state index contributed by atoms with van der Waals surface area (Å²) in [4.78, 5) is 15.5. The molecule has 0 aliphatic carbocycles. The molecule has 0 atom stereocenters. The van der Waals surface area contributed by atoms with Crippen molar-refractivity contribution in [1.82, 2.24) is 10.3 Å². The van der Waals surface area contributed by atoms with E-state index in [2.05, 4.69) is 10.3 Å². The van der Waals surface area contributed by atoms with Crippen LogP contribution in [0.1, 0.15) is 11.1 Å². The molecule has 0 spiro atoms. The molecule has 1 heterocycles. The third-order valence-electron chi connectivity index (χ3n) is 2.79. The highest BCUT2D eigenvalue weighted by atomic mass is 35.5. The van der Waals surface area contributed by atoms with E-state index in [1.165, 1.54) is 0 Å². The summed E-state index contributed by atoms with van der Waals surface area (Å²) in [7, 11) is 0. The third-order valence-corrected chi connectivity index (χ3v) is 4.04. The van der Waals surface area contributed by atoms with Crippen molar-refractivity contribution >= 4 is 29.5 Å². The maximum Gasteiger partial charge on any atom is 0.407 e. The fourth-order valence-corrected chi connectivity index (χ4v) is 2.59. The molecule has 2 aromatic rings. The number of amides is 1. The number of alkyl carbamates (subject to hydrolysis) is 1. The van der Waals surface area contributed by atoms with Crippen LogP contribution in [0.15, 0.2) is 48.7 Å². The van der Waals surface area contributed by atoms with Gasteiger partial charge in [-0.2, -0.15) is 11.8 Å². The Morgan fingerprint density at radius 1 is 1.18 bits per heavy atom. The lowest BCUT2D eigenvalue weighted by Crippen LogP contribution is -2.26. The zero-order chi connectivity index (χ0) is 15.6. The first-order valence-corrected chi connectivity index (χ1v) is 8.40. The fourth-order valence-electron chi connectivity index (χ4n) is 1.68. The van der Waals surface area contributed by atoms with E-state index in [1.807, 2.05) is 36.4 Å². The van der Waals surface area contributed by atoms with Crippen molar-refractivity contribution in [2.45, 2.75) is 12.4 Å². The van der Waals surface area contributed by atoms with Crippen molar-refractivity contribution < 1.29 is 9.53 Å². The van der Waals surface area contributed by atoms with E-state index < -0.39 is 6.09 Å². The zero-order valence-corrected chi connectivity index (χ0v) is 13.6. The van der Waals surface area contributed by atoms with Crippen LogP contribution in [0.2, 0.25) is 5.15 Å². The van der Waals surface area contributed by atoms with Gasteiger partial charge in [-0.15, -0.1) is 0 Å². The van der Waals surface area contributed by atoms with Crippen molar-refractivity contribution in [1.29, 1.82) is 0 Å². The van der Waals surface area contributed by atoms with Gasteiger partial charge < -0.3 is 10.1 Å². The number of hydrogen-bond donors (Lipinski definition) is 1. The van der Waals surface area contributed by atoms with Gasteiger partial charge in [0.1, 0.15) is 11.8 Å². The van der Waals surface area contributed by atoms with Gasteiger partial charge in [0, 0.05) is 24.2 Å². The molecule has 4 nitrogen and oxygen atoms in total. The van der Waals surface area contributed by atoms with Crippen molar-refractivity contribution in [3.8, 4) is 0 Å². The van der Waals surface area contributed by atoms with Crippen molar-refractivity contribution in [3.05, 3.63) is 64.9 Å². The molecule has 1 amide bonds. The summed E-state index contributed by atoms with van der Waals surface area (Å²) in [5, 5.41) is 3.23.